The van der Waals surface area contributed by atoms with Gasteiger partial charge in [-0.3, -0.25) is 4.79 Å². The second-order valence-electron chi connectivity index (χ2n) is 3.64. The molecular weight excluding hydrogens is 288 g/mol. The number of nitrogens with one attached hydrogen (secondary N) is 1. The highest BCUT2D eigenvalue weighted by atomic mass is 32.2. The third-order valence-corrected chi connectivity index (χ3v) is 3.75. The Morgan fingerprint density at radius 3 is 2.89 bits per heavy atom. The van der Waals surface area contributed by atoms with Gasteiger partial charge in [-0.2, -0.15) is 0 Å². The van der Waals surface area contributed by atoms with Gasteiger partial charge in [-0.05, 0) is 12.5 Å². The number of aliphatic hydroxyl groups excluding tert-OH is 1. The first-order valence-corrected chi connectivity index (χ1v) is 7.99. The van der Waals surface area contributed by atoms with Crippen molar-refractivity contribution in [3.63, 3.8) is 0 Å². The molecule has 1 rings (SSSR count). The molecule has 0 aromatic carbocycles. The summed E-state index contributed by atoms with van der Waals surface area (Å²) in [6.07, 6.45) is 0.270. The summed E-state index contributed by atoms with van der Waals surface area (Å²) in [6, 6.07) is 1.61. The minimum Gasteiger partial charge on any atom is -0.384 e. The van der Waals surface area contributed by atoms with E-state index in [9.17, 15) is 13.2 Å². The molecule has 1 aromatic heterocycles. The van der Waals surface area contributed by atoms with E-state index in [0.29, 0.717) is 10.4 Å². The van der Waals surface area contributed by atoms with E-state index >= 15 is 0 Å². The van der Waals surface area contributed by atoms with Crippen LogP contribution in [0.4, 0.5) is 0 Å². The number of hydrogen-bond acceptors (Lipinski definition) is 5. The van der Waals surface area contributed by atoms with Crippen LogP contribution in [0.15, 0.2) is 11.4 Å². The summed E-state index contributed by atoms with van der Waals surface area (Å²) in [5, 5.41) is 17.6. The Balaban J connectivity index is 2.43. The van der Waals surface area contributed by atoms with E-state index in [4.69, 9.17) is 10.2 Å². The molecule has 0 spiro atoms. The van der Waals surface area contributed by atoms with E-state index < -0.39 is 10.0 Å². The zero-order valence-electron chi connectivity index (χ0n) is 10.0. The van der Waals surface area contributed by atoms with Crippen LogP contribution in [0.2, 0.25) is 0 Å². The number of primary sulfonamides is 1. The van der Waals surface area contributed by atoms with Gasteiger partial charge in [0.25, 0.3) is 5.91 Å². The minimum absolute atomic E-state index is 0.163. The van der Waals surface area contributed by atoms with E-state index in [0.717, 1.165) is 0 Å². The lowest BCUT2D eigenvalue weighted by molar-refractivity contribution is 0.0954. The molecule has 0 atom stereocenters. The molecule has 1 aromatic rings. The highest BCUT2D eigenvalue weighted by Gasteiger charge is 2.08. The highest BCUT2D eigenvalue weighted by Crippen LogP contribution is 2.13. The van der Waals surface area contributed by atoms with Crippen LogP contribution < -0.4 is 10.5 Å². The van der Waals surface area contributed by atoms with Crippen molar-refractivity contribution in [2.45, 2.75) is 6.42 Å². The average Bonchev–Trinajstić information content (AvgIpc) is 2.79. The third kappa shape index (κ3) is 6.35. The average molecular weight is 302 g/mol. The summed E-state index contributed by atoms with van der Waals surface area (Å²) in [5.74, 6) is 4.74. The van der Waals surface area contributed by atoms with Gasteiger partial charge in [0.15, 0.2) is 0 Å². The number of carbonyl (C=O) groups excluding carboxylic acids is 1. The van der Waals surface area contributed by atoms with Gasteiger partial charge < -0.3 is 10.4 Å². The summed E-state index contributed by atoms with van der Waals surface area (Å²) in [5.41, 5.74) is 0.461. The van der Waals surface area contributed by atoms with Gasteiger partial charge in [0, 0.05) is 11.9 Å². The molecule has 1 heterocycles. The topological polar surface area (TPSA) is 109 Å². The Bertz CT molecular complexity index is 596. The Hall–Kier alpha value is -1.40. The smallest absolute Gasteiger partial charge is 0.252 e. The monoisotopic (exact) mass is 302 g/mol. The van der Waals surface area contributed by atoms with Crippen LogP contribution in [-0.4, -0.2) is 38.3 Å². The van der Waals surface area contributed by atoms with Crippen LogP contribution in [0.3, 0.4) is 0 Å². The fraction of sp³-hybridized carbons (Fsp3) is 0.364. The molecule has 0 fully saturated rings. The lowest BCUT2D eigenvalue weighted by Crippen LogP contribution is -2.27. The summed E-state index contributed by atoms with van der Waals surface area (Å²) >= 11 is 1.30. The fourth-order valence-corrected chi connectivity index (χ4v) is 2.53. The number of sulfonamides is 1. The van der Waals surface area contributed by atoms with Gasteiger partial charge in [0.05, 0.1) is 16.2 Å². The van der Waals surface area contributed by atoms with E-state index in [-0.39, 0.29) is 31.2 Å². The zero-order chi connectivity index (χ0) is 14.3. The second kappa shape index (κ2) is 7.25. The number of aliphatic hydroxyl groups is 1. The molecule has 4 N–H and O–H groups in total. The standard InChI is InChI=1S/C11H14N2O4S2/c12-19(16,17)6-2-4-13-11(15)9-7-10(18-8-9)3-1-5-14/h7-8,14H,2,4-6H2,(H,13,15)(H2,12,16,17). The van der Waals surface area contributed by atoms with Gasteiger partial charge in [-0.15, -0.1) is 11.3 Å². The SMILES string of the molecule is NS(=O)(=O)CCCNC(=O)c1csc(C#CCO)c1. The number of nitrogens with two attached hydrogens (primary N) is 1. The van der Waals surface area contributed by atoms with Crippen molar-refractivity contribution < 1.29 is 18.3 Å². The van der Waals surface area contributed by atoms with E-state index in [1.54, 1.807) is 11.4 Å². The normalized spacial score (nSPS) is 10.6. The molecule has 6 nitrogen and oxygen atoms in total. The molecular formula is C11H14N2O4S2. The van der Waals surface area contributed by atoms with Crippen molar-refractivity contribution in [2.75, 3.05) is 18.9 Å². The van der Waals surface area contributed by atoms with Gasteiger partial charge >= 0.3 is 0 Å². The van der Waals surface area contributed by atoms with Crippen molar-refractivity contribution in [1.29, 1.82) is 0 Å². The summed E-state index contributed by atoms with van der Waals surface area (Å²) in [7, 11) is -3.48. The van der Waals surface area contributed by atoms with Crippen LogP contribution in [-0.2, 0) is 10.0 Å². The summed E-state index contributed by atoms with van der Waals surface area (Å²) in [4.78, 5) is 12.4. The molecule has 0 saturated carbocycles. The van der Waals surface area contributed by atoms with Gasteiger partial charge in [0.1, 0.15) is 6.61 Å². The maximum absolute atomic E-state index is 11.7. The highest BCUT2D eigenvalue weighted by molar-refractivity contribution is 7.89. The number of carbonyl (C=O) groups is 1. The zero-order valence-corrected chi connectivity index (χ0v) is 11.7. The Morgan fingerprint density at radius 1 is 1.53 bits per heavy atom. The molecule has 0 aliphatic heterocycles. The molecule has 0 bridgehead atoms. The fourth-order valence-electron chi connectivity index (χ4n) is 1.22. The van der Waals surface area contributed by atoms with Crippen LogP contribution >= 0.6 is 11.3 Å². The quantitative estimate of drug-likeness (QED) is 0.503. The first kappa shape index (κ1) is 15.7. The van der Waals surface area contributed by atoms with Crippen molar-refractivity contribution in [2.24, 2.45) is 5.14 Å². The number of thiophene rings is 1. The number of amides is 1. The van der Waals surface area contributed by atoms with Crippen LogP contribution in [0.25, 0.3) is 0 Å². The van der Waals surface area contributed by atoms with Gasteiger partial charge in [-0.25, -0.2) is 13.6 Å². The Morgan fingerprint density at radius 2 is 2.26 bits per heavy atom. The second-order valence-corrected chi connectivity index (χ2v) is 6.28. The van der Waals surface area contributed by atoms with Crippen LogP contribution in [0.5, 0.6) is 0 Å². The Labute approximate surface area is 115 Å². The lowest BCUT2D eigenvalue weighted by atomic mass is 10.3. The van der Waals surface area contributed by atoms with Crippen molar-refractivity contribution >= 4 is 27.3 Å². The molecule has 8 heteroatoms. The lowest BCUT2D eigenvalue weighted by Gasteiger charge is -2.02. The molecule has 104 valence electrons. The van der Waals surface area contributed by atoms with Gasteiger partial charge in [-0.1, -0.05) is 11.8 Å². The van der Waals surface area contributed by atoms with Crippen molar-refractivity contribution in [3.05, 3.63) is 21.9 Å². The third-order valence-electron chi connectivity index (χ3n) is 2.04. The minimum atomic E-state index is -3.48. The maximum atomic E-state index is 11.7. The summed E-state index contributed by atoms with van der Waals surface area (Å²) < 4.78 is 21.4. The summed E-state index contributed by atoms with van der Waals surface area (Å²) in [6.45, 7) is 0.00968. The predicted octanol–water partition coefficient (Wildman–Crippen LogP) is -0.500. The molecule has 1 amide bonds. The molecule has 0 unspecified atom stereocenters. The molecule has 19 heavy (non-hydrogen) atoms. The maximum Gasteiger partial charge on any atom is 0.252 e. The van der Waals surface area contributed by atoms with Crippen LogP contribution in [0, 0.1) is 11.8 Å². The van der Waals surface area contributed by atoms with Crippen LogP contribution in [0.1, 0.15) is 21.7 Å². The number of hydrogen-bond donors (Lipinski definition) is 3. The van der Waals surface area contributed by atoms with Crippen molar-refractivity contribution in [1.82, 2.24) is 5.32 Å². The molecule has 0 saturated heterocycles. The molecule has 0 aliphatic rings. The van der Waals surface area contributed by atoms with E-state index in [1.165, 1.54) is 11.3 Å². The largest absolute Gasteiger partial charge is 0.384 e. The van der Waals surface area contributed by atoms with E-state index in [1.807, 2.05) is 0 Å². The van der Waals surface area contributed by atoms with Crippen molar-refractivity contribution in [3.8, 4) is 11.8 Å². The van der Waals surface area contributed by atoms with Gasteiger partial charge in [0.2, 0.25) is 10.0 Å². The first-order valence-electron chi connectivity index (χ1n) is 5.39. The molecule has 0 radical (unpaired) electrons. The Kier molecular flexibility index (Phi) is 5.98. The molecule has 0 aliphatic carbocycles. The number of rotatable bonds is 5. The predicted molar refractivity (Wildman–Crippen MR) is 73.2 cm³/mol. The first-order chi connectivity index (χ1) is 8.92. The van der Waals surface area contributed by atoms with E-state index in [2.05, 4.69) is 17.2 Å².